The third kappa shape index (κ3) is 59.0. The van der Waals surface area contributed by atoms with Crippen molar-refractivity contribution < 1.29 is 28.6 Å². The van der Waals surface area contributed by atoms with E-state index in [4.69, 9.17) is 14.2 Å². The third-order valence-electron chi connectivity index (χ3n) is 13.0. The van der Waals surface area contributed by atoms with Crippen molar-refractivity contribution >= 4 is 17.9 Å². The Kier molecular flexibility index (Phi) is 58.3. The zero-order chi connectivity index (χ0) is 53.6. The molecule has 1 atom stereocenters. The first-order chi connectivity index (χ1) is 36.5. The Morgan fingerprint density at radius 2 is 0.554 bits per heavy atom. The summed E-state index contributed by atoms with van der Waals surface area (Å²) in [7, 11) is 0. The molecule has 0 bridgehead atoms. The molecule has 1 unspecified atom stereocenters. The lowest BCUT2D eigenvalue weighted by atomic mass is 10.1. The molecule has 0 aliphatic carbocycles. The minimum Gasteiger partial charge on any atom is -0.462 e. The number of carbonyl (C=O) groups is 3. The minimum atomic E-state index is -0.792. The molecule has 0 radical (unpaired) electrons. The lowest BCUT2D eigenvalue weighted by Gasteiger charge is -2.18. The van der Waals surface area contributed by atoms with Crippen LogP contribution in [0.3, 0.4) is 0 Å². The number of esters is 3. The van der Waals surface area contributed by atoms with Crippen LogP contribution in [-0.4, -0.2) is 37.2 Å². The van der Waals surface area contributed by atoms with Gasteiger partial charge in [0.1, 0.15) is 13.2 Å². The number of hydrogen-bond acceptors (Lipinski definition) is 6. The van der Waals surface area contributed by atoms with Gasteiger partial charge in [-0.25, -0.2) is 0 Å². The highest BCUT2D eigenvalue weighted by molar-refractivity contribution is 5.71. The topological polar surface area (TPSA) is 78.9 Å². The molecule has 0 N–H and O–H groups in total. The molecule has 0 amide bonds. The summed E-state index contributed by atoms with van der Waals surface area (Å²) in [6, 6.07) is 0. The quantitative estimate of drug-likeness (QED) is 0.0261. The van der Waals surface area contributed by atoms with E-state index in [1.807, 2.05) is 0 Å². The molecule has 0 spiro atoms. The number of carbonyl (C=O) groups excluding carboxylic acids is 3. The highest BCUT2D eigenvalue weighted by Crippen LogP contribution is 2.15. The van der Waals surface area contributed by atoms with E-state index in [2.05, 4.69) is 130 Å². The fourth-order valence-corrected chi connectivity index (χ4v) is 8.36. The molecule has 0 fully saturated rings. The van der Waals surface area contributed by atoms with Gasteiger partial charge in [0.2, 0.25) is 0 Å². The maximum atomic E-state index is 12.9. The lowest BCUT2D eigenvalue weighted by Crippen LogP contribution is -2.30. The molecular formula is C68H114O6. The first kappa shape index (κ1) is 70.1. The molecule has 422 valence electrons. The molecule has 74 heavy (non-hydrogen) atoms. The van der Waals surface area contributed by atoms with Gasteiger partial charge in [0, 0.05) is 19.3 Å². The van der Waals surface area contributed by atoms with Gasteiger partial charge in [-0.1, -0.05) is 252 Å². The minimum absolute atomic E-state index is 0.0900. The van der Waals surface area contributed by atoms with Crippen molar-refractivity contribution in [3.8, 4) is 0 Å². The van der Waals surface area contributed by atoms with Gasteiger partial charge in [-0.15, -0.1) is 0 Å². The Balaban J connectivity index is 4.32. The summed E-state index contributed by atoms with van der Waals surface area (Å²) < 4.78 is 16.9. The van der Waals surface area contributed by atoms with Crippen molar-refractivity contribution in [2.75, 3.05) is 13.2 Å². The monoisotopic (exact) mass is 1030 g/mol. The Morgan fingerprint density at radius 3 is 0.892 bits per heavy atom. The van der Waals surface area contributed by atoms with Crippen LogP contribution in [0.1, 0.15) is 284 Å². The highest BCUT2D eigenvalue weighted by atomic mass is 16.6. The zero-order valence-corrected chi connectivity index (χ0v) is 48.3. The van der Waals surface area contributed by atoms with E-state index in [0.717, 1.165) is 141 Å². The number of rotatable bonds is 55. The molecule has 6 nitrogen and oxygen atoms in total. The maximum absolute atomic E-state index is 12.9. The van der Waals surface area contributed by atoms with Gasteiger partial charge < -0.3 is 14.2 Å². The molecule has 0 aromatic rings. The Bertz CT molecular complexity index is 1510. The van der Waals surface area contributed by atoms with Crippen LogP contribution in [0.25, 0.3) is 0 Å². The third-order valence-corrected chi connectivity index (χ3v) is 13.0. The number of unbranched alkanes of at least 4 members (excludes halogenated alkanes) is 26. The van der Waals surface area contributed by atoms with Gasteiger partial charge in [0.15, 0.2) is 6.10 Å². The highest BCUT2D eigenvalue weighted by Gasteiger charge is 2.19. The molecular weight excluding hydrogens is 913 g/mol. The van der Waals surface area contributed by atoms with E-state index >= 15 is 0 Å². The number of allylic oxidation sites excluding steroid dienone is 18. The Morgan fingerprint density at radius 1 is 0.284 bits per heavy atom. The molecule has 0 rings (SSSR count). The van der Waals surface area contributed by atoms with E-state index in [-0.39, 0.29) is 31.1 Å². The van der Waals surface area contributed by atoms with Crippen molar-refractivity contribution in [3.63, 3.8) is 0 Å². The van der Waals surface area contributed by atoms with Gasteiger partial charge in [-0.2, -0.15) is 0 Å². The van der Waals surface area contributed by atoms with Crippen LogP contribution in [0.5, 0.6) is 0 Å². The van der Waals surface area contributed by atoms with E-state index in [1.165, 1.54) is 103 Å². The van der Waals surface area contributed by atoms with Crippen LogP contribution in [-0.2, 0) is 28.6 Å². The summed E-state index contributed by atoms with van der Waals surface area (Å²) in [6.45, 7) is 6.45. The van der Waals surface area contributed by atoms with Crippen LogP contribution < -0.4 is 0 Å². The summed E-state index contributed by atoms with van der Waals surface area (Å²) in [5.74, 6) is -0.918. The molecule has 0 aliphatic heterocycles. The van der Waals surface area contributed by atoms with Gasteiger partial charge in [-0.05, 0) is 122 Å². The smallest absolute Gasteiger partial charge is 0.306 e. The van der Waals surface area contributed by atoms with Crippen molar-refractivity contribution in [3.05, 3.63) is 109 Å². The average molecular weight is 1030 g/mol. The zero-order valence-electron chi connectivity index (χ0n) is 48.3. The molecule has 0 aromatic carbocycles. The largest absolute Gasteiger partial charge is 0.462 e. The summed E-state index contributed by atoms with van der Waals surface area (Å²) in [5, 5.41) is 0. The van der Waals surface area contributed by atoms with Crippen molar-refractivity contribution in [2.24, 2.45) is 0 Å². The molecule has 0 saturated carbocycles. The second kappa shape index (κ2) is 61.6. The van der Waals surface area contributed by atoms with E-state index in [9.17, 15) is 14.4 Å². The van der Waals surface area contributed by atoms with Crippen LogP contribution in [0, 0.1) is 0 Å². The summed E-state index contributed by atoms with van der Waals surface area (Å²) in [5.41, 5.74) is 0. The van der Waals surface area contributed by atoms with E-state index in [1.54, 1.807) is 0 Å². The lowest BCUT2D eigenvalue weighted by molar-refractivity contribution is -0.167. The van der Waals surface area contributed by atoms with Crippen molar-refractivity contribution in [1.82, 2.24) is 0 Å². The number of ether oxygens (including phenoxy) is 3. The standard InChI is InChI=1S/C68H114O6/c1-4-7-10-13-16-19-22-24-26-28-30-31-32-33-34-35-36-37-39-40-42-44-46-49-52-55-58-61-67(70)73-64-65(63-72-66(69)60-57-54-51-48-21-18-15-12-9-6-3)74-68(71)62-59-56-53-50-47-45-43-41-38-29-27-25-23-20-17-14-11-8-5-2/h7,10,12,15-16,19,24-27,30-31,33-34,36-37,40,42,65H,4-6,8-9,11,13-14,17-18,20-23,28-29,32,35,38-39,41,43-64H2,1-3H3/b10-7-,15-12-,19-16-,26-24-,27-25-,31-30-,34-33-,37-36-,42-40-. The van der Waals surface area contributed by atoms with Crippen LogP contribution in [0.2, 0.25) is 0 Å². The molecule has 0 heterocycles. The summed E-state index contributed by atoms with van der Waals surface area (Å²) >= 11 is 0. The maximum Gasteiger partial charge on any atom is 0.306 e. The second-order valence-corrected chi connectivity index (χ2v) is 20.2. The normalized spacial score (nSPS) is 12.9. The fourth-order valence-electron chi connectivity index (χ4n) is 8.36. The second-order valence-electron chi connectivity index (χ2n) is 20.2. The predicted molar refractivity (Wildman–Crippen MR) is 320 cm³/mol. The number of hydrogen-bond donors (Lipinski definition) is 0. The average Bonchev–Trinajstić information content (AvgIpc) is 3.40. The van der Waals surface area contributed by atoms with Gasteiger partial charge >= 0.3 is 17.9 Å². The van der Waals surface area contributed by atoms with E-state index in [0.29, 0.717) is 19.3 Å². The SMILES string of the molecule is CC/C=C\C/C=C\C/C=C\C/C=C\C/C=C\C/C=C\C/C=C\CCCCCCCC(=O)OCC(COC(=O)CCCCCCC/C=C\CCC)OC(=O)CCCCCCCCCCC/C=C\CCCCCCCC. The Labute approximate surface area is 457 Å². The van der Waals surface area contributed by atoms with Gasteiger partial charge in [-0.3, -0.25) is 14.4 Å². The molecule has 0 aromatic heterocycles. The summed E-state index contributed by atoms with van der Waals surface area (Å²) in [4.78, 5) is 38.2. The molecule has 6 heteroatoms. The summed E-state index contributed by atoms with van der Waals surface area (Å²) in [6.07, 6.45) is 83.8. The van der Waals surface area contributed by atoms with Crippen molar-refractivity contribution in [1.29, 1.82) is 0 Å². The first-order valence-electron chi connectivity index (χ1n) is 30.9. The van der Waals surface area contributed by atoms with Gasteiger partial charge in [0.05, 0.1) is 0 Å². The van der Waals surface area contributed by atoms with Crippen LogP contribution >= 0.6 is 0 Å². The van der Waals surface area contributed by atoms with Gasteiger partial charge in [0.25, 0.3) is 0 Å². The predicted octanol–water partition coefficient (Wildman–Crippen LogP) is 21.0. The van der Waals surface area contributed by atoms with Crippen molar-refractivity contribution in [2.45, 2.75) is 290 Å². The van der Waals surface area contributed by atoms with E-state index < -0.39 is 6.10 Å². The van der Waals surface area contributed by atoms with Crippen LogP contribution in [0.4, 0.5) is 0 Å². The first-order valence-corrected chi connectivity index (χ1v) is 30.9. The fraction of sp³-hybridized carbons (Fsp3) is 0.691. The molecule has 0 saturated heterocycles. The Hall–Kier alpha value is -3.93. The molecule has 0 aliphatic rings. The van der Waals surface area contributed by atoms with Crippen LogP contribution in [0.15, 0.2) is 109 Å².